The average molecular weight is 681 g/mol. The minimum Gasteiger partial charge on any atom is -0.439 e. The van der Waals surface area contributed by atoms with Gasteiger partial charge in [0.15, 0.2) is 0 Å². The second kappa shape index (κ2) is 13.3. The molecule has 2 aromatic heterocycles. The van der Waals surface area contributed by atoms with Crippen LogP contribution in [0.4, 0.5) is 24.5 Å². The number of pyridine rings is 1. The molecule has 0 N–H and O–H groups in total. The lowest BCUT2D eigenvalue weighted by Gasteiger charge is -2.34. The van der Waals surface area contributed by atoms with Crippen LogP contribution in [0.5, 0.6) is 11.6 Å². The molecule has 1 fully saturated rings. The largest absolute Gasteiger partial charge is 0.439 e. The van der Waals surface area contributed by atoms with Gasteiger partial charge in [-0.15, -0.1) is 17.0 Å². The monoisotopic (exact) mass is 679 g/mol. The normalized spacial score (nSPS) is 13.8. The van der Waals surface area contributed by atoms with Crippen LogP contribution < -0.4 is 9.64 Å². The number of anilines is 2. The molecule has 0 atom stereocenters. The minimum absolute atomic E-state index is 0. The summed E-state index contributed by atoms with van der Waals surface area (Å²) in [5.74, 6) is 0.961. The number of benzene rings is 3. The number of fused-ring (bicyclic) bond motifs is 1. The van der Waals surface area contributed by atoms with E-state index in [1.54, 1.807) is 30.3 Å². The van der Waals surface area contributed by atoms with Gasteiger partial charge in [0.25, 0.3) is 5.91 Å². The molecule has 45 heavy (non-hydrogen) atoms. The number of aromatic nitrogens is 2. The number of hydrogen-bond donors (Lipinski definition) is 0. The van der Waals surface area contributed by atoms with Crippen molar-refractivity contribution in [2.24, 2.45) is 7.05 Å². The first-order chi connectivity index (χ1) is 21.2. The molecule has 0 unspecified atom stereocenters. The van der Waals surface area contributed by atoms with Crippen molar-refractivity contribution in [3.63, 3.8) is 0 Å². The highest BCUT2D eigenvalue weighted by atomic mass is 79.9. The number of amides is 1. The number of aryl methyl sites for hydroxylation is 1. The lowest BCUT2D eigenvalue weighted by molar-refractivity contribution is -0.137. The predicted octanol–water partition coefficient (Wildman–Crippen LogP) is 7.69. The highest BCUT2D eigenvalue weighted by Crippen LogP contribution is 2.33. The number of carbonyl (C=O) groups excluding carboxylic acids is 1. The van der Waals surface area contributed by atoms with E-state index < -0.39 is 11.7 Å². The molecule has 0 spiro atoms. The lowest BCUT2D eigenvalue weighted by atomic mass is 10.2. The van der Waals surface area contributed by atoms with Gasteiger partial charge in [0.1, 0.15) is 11.4 Å². The maximum Gasteiger partial charge on any atom is 0.416 e. The Hall–Kier alpha value is -4.35. The summed E-state index contributed by atoms with van der Waals surface area (Å²) >= 11 is 0. The van der Waals surface area contributed by atoms with Crippen LogP contribution in [0.1, 0.15) is 21.6 Å². The Morgan fingerprint density at radius 2 is 1.58 bits per heavy atom. The molecule has 1 saturated heterocycles. The zero-order valence-corrected chi connectivity index (χ0v) is 26.6. The third kappa shape index (κ3) is 7.15. The maximum absolute atomic E-state index is 13.5. The van der Waals surface area contributed by atoms with Crippen molar-refractivity contribution in [3.05, 3.63) is 114 Å². The Morgan fingerprint density at radius 1 is 0.889 bits per heavy atom. The van der Waals surface area contributed by atoms with E-state index in [2.05, 4.69) is 22.0 Å². The number of halogens is 4. The maximum atomic E-state index is 13.5. The number of rotatable bonds is 7. The van der Waals surface area contributed by atoms with E-state index in [1.807, 2.05) is 59.0 Å². The van der Waals surface area contributed by atoms with Gasteiger partial charge >= 0.3 is 6.18 Å². The van der Waals surface area contributed by atoms with Crippen molar-refractivity contribution in [1.29, 1.82) is 0 Å². The van der Waals surface area contributed by atoms with E-state index in [-0.39, 0.29) is 22.9 Å². The molecule has 1 aliphatic heterocycles. The van der Waals surface area contributed by atoms with Crippen molar-refractivity contribution < 1.29 is 22.7 Å². The van der Waals surface area contributed by atoms with Crippen molar-refractivity contribution in [2.45, 2.75) is 12.7 Å². The Morgan fingerprint density at radius 3 is 2.22 bits per heavy atom. The molecule has 3 aromatic carbocycles. The van der Waals surface area contributed by atoms with Crippen LogP contribution in [0.3, 0.4) is 0 Å². The van der Waals surface area contributed by atoms with Crippen LogP contribution in [-0.2, 0) is 19.8 Å². The Balaban J connectivity index is 0.00000400. The molecule has 5 aromatic rings. The van der Waals surface area contributed by atoms with Gasteiger partial charge in [0, 0.05) is 69.5 Å². The number of carbonyl (C=O) groups is 1. The van der Waals surface area contributed by atoms with Gasteiger partial charge in [-0.2, -0.15) is 13.2 Å². The Kier molecular flexibility index (Phi) is 9.50. The first-order valence-electron chi connectivity index (χ1n) is 14.4. The summed E-state index contributed by atoms with van der Waals surface area (Å²) in [4.78, 5) is 23.9. The van der Waals surface area contributed by atoms with Gasteiger partial charge in [0.2, 0.25) is 5.88 Å². The smallest absolute Gasteiger partial charge is 0.416 e. The second-order valence-corrected chi connectivity index (χ2v) is 10.9. The van der Waals surface area contributed by atoms with E-state index in [1.165, 1.54) is 17.7 Å². The standard InChI is InChI=1S/C34H32F3N5O2.BrH/c1-39(27-10-8-26(9-11-27)34(35,36)37)28-12-15-32(38-22-28)44-29-13-14-30-25(20-29)21-31(40(30)2)33(43)42-18-16-41(17-19-42)23-24-6-4-3-5-7-24;/h3-15,20-22H,16-19,23H2,1-2H3;1H. The van der Waals surface area contributed by atoms with Crippen LogP contribution in [-0.4, -0.2) is 58.5 Å². The number of ether oxygens (including phenoxy) is 1. The SMILES string of the molecule is Br.CN(c1ccc(C(F)(F)F)cc1)c1ccc(Oc2ccc3c(c2)cc(C(=O)N2CCN(Cc4ccccc4)CC2)n3C)nc1. The number of nitrogens with zero attached hydrogens (tertiary/aromatic N) is 5. The van der Waals surface area contributed by atoms with Crippen molar-refractivity contribution >= 4 is 45.2 Å². The minimum atomic E-state index is -4.38. The van der Waals surface area contributed by atoms with Gasteiger partial charge in [0.05, 0.1) is 17.4 Å². The summed E-state index contributed by atoms with van der Waals surface area (Å²) in [5.41, 5.74) is 3.42. The highest BCUT2D eigenvalue weighted by Gasteiger charge is 2.30. The average Bonchev–Trinajstić information content (AvgIpc) is 3.36. The van der Waals surface area contributed by atoms with Crippen LogP contribution >= 0.6 is 17.0 Å². The molecule has 234 valence electrons. The zero-order chi connectivity index (χ0) is 30.8. The first-order valence-corrected chi connectivity index (χ1v) is 14.4. The molecule has 1 amide bonds. The summed E-state index contributed by atoms with van der Waals surface area (Å²) < 4.78 is 46.6. The number of piperazine rings is 1. The van der Waals surface area contributed by atoms with Crippen molar-refractivity contribution in [1.82, 2.24) is 19.4 Å². The molecular formula is C34H33BrF3N5O2. The fourth-order valence-electron chi connectivity index (χ4n) is 5.48. The summed E-state index contributed by atoms with van der Waals surface area (Å²) in [6.07, 6.45) is -2.78. The van der Waals surface area contributed by atoms with Gasteiger partial charge in [-0.3, -0.25) is 9.69 Å². The third-order valence-corrected chi connectivity index (χ3v) is 8.05. The first kappa shape index (κ1) is 32.1. The molecule has 0 aliphatic carbocycles. The number of hydrogen-bond acceptors (Lipinski definition) is 5. The molecule has 1 aliphatic rings. The topological polar surface area (TPSA) is 53.8 Å². The molecule has 3 heterocycles. The van der Waals surface area contributed by atoms with E-state index in [9.17, 15) is 18.0 Å². The molecule has 0 radical (unpaired) electrons. The van der Waals surface area contributed by atoms with E-state index in [4.69, 9.17) is 4.74 Å². The summed E-state index contributed by atoms with van der Waals surface area (Å²) in [6.45, 7) is 3.89. The highest BCUT2D eigenvalue weighted by molar-refractivity contribution is 8.93. The summed E-state index contributed by atoms with van der Waals surface area (Å²) in [5, 5.41) is 0.884. The molecule has 0 bridgehead atoms. The quantitative estimate of drug-likeness (QED) is 0.177. The van der Waals surface area contributed by atoms with E-state index >= 15 is 0 Å². The van der Waals surface area contributed by atoms with Gasteiger partial charge in [-0.05, 0) is 60.2 Å². The number of alkyl halides is 3. The van der Waals surface area contributed by atoms with Gasteiger partial charge in [-0.25, -0.2) is 4.98 Å². The summed E-state index contributed by atoms with van der Waals surface area (Å²) in [7, 11) is 3.65. The van der Waals surface area contributed by atoms with Crippen LogP contribution in [0.25, 0.3) is 10.9 Å². The van der Waals surface area contributed by atoms with Crippen LogP contribution in [0.2, 0.25) is 0 Å². The second-order valence-electron chi connectivity index (χ2n) is 10.9. The summed E-state index contributed by atoms with van der Waals surface area (Å²) in [6, 6.07) is 26.4. The fraction of sp³-hybridized carbons (Fsp3) is 0.235. The van der Waals surface area contributed by atoms with Gasteiger partial charge in [-0.1, -0.05) is 30.3 Å². The molecule has 0 saturated carbocycles. The third-order valence-electron chi connectivity index (χ3n) is 8.05. The van der Waals surface area contributed by atoms with E-state index in [0.717, 1.165) is 42.7 Å². The predicted molar refractivity (Wildman–Crippen MR) is 175 cm³/mol. The van der Waals surface area contributed by atoms with Crippen LogP contribution in [0.15, 0.2) is 97.2 Å². The van der Waals surface area contributed by atoms with E-state index in [0.29, 0.717) is 41.8 Å². The fourth-order valence-corrected chi connectivity index (χ4v) is 5.48. The Bertz CT molecular complexity index is 1750. The lowest BCUT2D eigenvalue weighted by Crippen LogP contribution is -2.48. The zero-order valence-electron chi connectivity index (χ0n) is 24.9. The molecule has 6 rings (SSSR count). The molecule has 11 heteroatoms. The molecule has 7 nitrogen and oxygen atoms in total. The van der Waals surface area contributed by atoms with Crippen molar-refractivity contribution in [2.75, 3.05) is 38.1 Å². The van der Waals surface area contributed by atoms with Gasteiger partial charge < -0.3 is 19.1 Å². The van der Waals surface area contributed by atoms with Crippen molar-refractivity contribution in [3.8, 4) is 11.6 Å². The van der Waals surface area contributed by atoms with Crippen LogP contribution in [0, 0.1) is 0 Å². The Labute approximate surface area is 270 Å². The molecular weight excluding hydrogens is 647 g/mol.